The molecule has 174 valence electrons. The standard InChI is InChI=1S/C23H34N4O2.2ClH/c24-21-15-6-3-7-16(21)12-19(11-15)23(29)26-20-9-2-1-5-17(20)13-27-10-4-8-18(14-27)22(25)28;;/h1-2,5,9,15-16,18-19,21H,3-4,6-8,10-14,24H2,(H2,25,28)(H,26,29);2*1H. The first kappa shape index (κ1) is 25.9. The van der Waals surface area contributed by atoms with E-state index < -0.39 is 0 Å². The third-order valence-corrected chi connectivity index (χ3v) is 7.36. The highest BCUT2D eigenvalue weighted by Crippen LogP contribution is 2.42. The van der Waals surface area contributed by atoms with Crippen LogP contribution in [0.5, 0.6) is 0 Å². The quantitative estimate of drug-likeness (QED) is 0.613. The van der Waals surface area contributed by atoms with E-state index in [2.05, 4.69) is 16.3 Å². The first-order valence-electron chi connectivity index (χ1n) is 11.2. The van der Waals surface area contributed by atoms with Crippen LogP contribution >= 0.6 is 24.8 Å². The zero-order valence-corrected chi connectivity index (χ0v) is 19.6. The first-order valence-corrected chi connectivity index (χ1v) is 11.2. The van der Waals surface area contributed by atoms with Crippen molar-refractivity contribution in [2.45, 2.75) is 57.5 Å². The molecule has 5 N–H and O–H groups in total. The van der Waals surface area contributed by atoms with E-state index in [4.69, 9.17) is 11.5 Å². The zero-order valence-electron chi connectivity index (χ0n) is 18.0. The summed E-state index contributed by atoms with van der Waals surface area (Å²) in [6.45, 7) is 2.37. The Kier molecular flexibility index (Phi) is 9.62. The second-order valence-electron chi connectivity index (χ2n) is 9.32. The Morgan fingerprint density at radius 3 is 2.35 bits per heavy atom. The minimum atomic E-state index is -0.211. The summed E-state index contributed by atoms with van der Waals surface area (Å²) in [6, 6.07) is 8.29. The lowest BCUT2D eigenvalue weighted by Crippen LogP contribution is -2.48. The van der Waals surface area contributed by atoms with Gasteiger partial charge in [-0.2, -0.15) is 0 Å². The Labute approximate surface area is 197 Å². The van der Waals surface area contributed by atoms with E-state index in [1.165, 1.54) is 6.42 Å². The largest absolute Gasteiger partial charge is 0.369 e. The van der Waals surface area contributed by atoms with Crippen LogP contribution in [-0.2, 0) is 16.1 Å². The van der Waals surface area contributed by atoms with E-state index in [1.807, 2.05) is 18.2 Å². The van der Waals surface area contributed by atoms with Gasteiger partial charge in [-0.1, -0.05) is 24.6 Å². The number of amides is 2. The lowest BCUT2D eigenvalue weighted by Gasteiger charge is -2.43. The summed E-state index contributed by atoms with van der Waals surface area (Å²) in [7, 11) is 0. The van der Waals surface area contributed by atoms with Crippen LogP contribution in [0.2, 0.25) is 0 Å². The Hall–Kier alpha value is -1.34. The molecule has 3 unspecified atom stereocenters. The summed E-state index contributed by atoms with van der Waals surface area (Å²) in [5.41, 5.74) is 13.9. The molecule has 0 spiro atoms. The highest BCUT2D eigenvalue weighted by atomic mass is 35.5. The van der Waals surface area contributed by atoms with Crippen LogP contribution in [-0.4, -0.2) is 35.8 Å². The molecule has 2 aliphatic carbocycles. The van der Waals surface area contributed by atoms with Crippen molar-refractivity contribution >= 4 is 42.3 Å². The van der Waals surface area contributed by atoms with Gasteiger partial charge >= 0.3 is 0 Å². The molecule has 1 aliphatic heterocycles. The number of piperidine rings is 1. The van der Waals surface area contributed by atoms with E-state index in [-0.39, 0.29) is 54.5 Å². The van der Waals surface area contributed by atoms with Crippen LogP contribution in [0.25, 0.3) is 0 Å². The molecule has 2 saturated carbocycles. The first-order chi connectivity index (χ1) is 14.0. The van der Waals surface area contributed by atoms with Crippen molar-refractivity contribution in [2.75, 3.05) is 18.4 Å². The number of rotatable bonds is 5. The summed E-state index contributed by atoms with van der Waals surface area (Å²) in [5.74, 6) is 0.899. The molecule has 3 fully saturated rings. The maximum atomic E-state index is 13.1. The topological polar surface area (TPSA) is 101 Å². The number of nitrogens with two attached hydrogens (primary N) is 2. The van der Waals surface area contributed by atoms with Gasteiger partial charge in [-0.15, -0.1) is 24.8 Å². The maximum Gasteiger partial charge on any atom is 0.227 e. The van der Waals surface area contributed by atoms with E-state index in [0.717, 1.165) is 62.9 Å². The van der Waals surface area contributed by atoms with Crippen molar-refractivity contribution in [3.63, 3.8) is 0 Å². The van der Waals surface area contributed by atoms with Gasteiger partial charge in [-0.05, 0) is 68.5 Å². The van der Waals surface area contributed by atoms with Gasteiger partial charge in [-0.25, -0.2) is 0 Å². The average Bonchev–Trinajstić information content (AvgIpc) is 2.69. The fourth-order valence-electron chi connectivity index (χ4n) is 5.69. The number of hydrogen-bond acceptors (Lipinski definition) is 4. The average molecular weight is 471 g/mol. The highest BCUT2D eigenvalue weighted by Gasteiger charge is 2.40. The molecular weight excluding hydrogens is 435 g/mol. The predicted octanol–water partition coefficient (Wildman–Crippen LogP) is 3.32. The fraction of sp³-hybridized carbons (Fsp3) is 0.652. The van der Waals surface area contributed by atoms with Crippen LogP contribution in [0.4, 0.5) is 5.69 Å². The molecule has 2 bridgehead atoms. The summed E-state index contributed by atoms with van der Waals surface area (Å²) in [5, 5.41) is 3.21. The maximum absolute atomic E-state index is 13.1. The van der Waals surface area contributed by atoms with Crippen molar-refractivity contribution in [1.82, 2.24) is 4.90 Å². The molecule has 1 aromatic carbocycles. The van der Waals surface area contributed by atoms with Gasteiger partial charge in [0.05, 0.1) is 5.92 Å². The number of carbonyl (C=O) groups excluding carboxylic acids is 2. The molecule has 4 rings (SSSR count). The van der Waals surface area contributed by atoms with Crippen LogP contribution in [0.3, 0.4) is 0 Å². The molecule has 3 atom stereocenters. The molecule has 0 radical (unpaired) electrons. The number of carbonyl (C=O) groups is 2. The molecule has 8 heteroatoms. The van der Waals surface area contributed by atoms with Crippen molar-refractivity contribution < 1.29 is 9.59 Å². The molecule has 0 aromatic heterocycles. The smallest absolute Gasteiger partial charge is 0.227 e. The zero-order chi connectivity index (χ0) is 20.4. The number of fused-ring (bicyclic) bond motifs is 2. The summed E-state index contributed by atoms with van der Waals surface area (Å²) < 4.78 is 0. The molecule has 1 saturated heterocycles. The Morgan fingerprint density at radius 2 is 1.68 bits per heavy atom. The van der Waals surface area contributed by atoms with E-state index >= 15 is 0 Å². The second-order valence-corrected chi connectivity index (χ2v) is 9.32. The van der Waals surface area contributed by atoms with Gasteiger partial charge in [0.25, 0.3) is 0 Å². The predicted molar refractivity (Wildman–Crippen MR) is 128 cm³/mol. The Morgan fingerprint density at radius 1 is 1.00 bits per heavy atom. The van der Waals surface area contributed by atoms with Crippen LogP contribution in [0.1, 0.15) is 50.5 Å². The fourth-order valence-corrected chi connectivity index (χ4v) is 5.69. The number of nitrogens with zero attached hydrogens (tertiary/aromatic N) is 1. The molecule has 1 aromatic rings. The lowest BCUT2D eigenvalue weighted by atomic mass is 9.65. The minimum absolute atomic E-state index is 0. The van der Waals surface area contributed by atoms with Crippen molar-refractivity contribution in [2.24, 2.45) is 35.1 Å². The lowest BCUT2D eigenvalue weighted by molar-refractivity contribution is -0.123. The number of benzene rings is 1. The SMILES string of the molecule is Cl.Cl.NC(=O)C1CCCN(Cc2ccccc2NC(=O)C2CC3CCCC(C2)C3N)C1. The normalized spacial score (nSPS) is 30.4. The molecule has 3 aliphatic rings. The van der Waals surface area contributed by atoms with Crippen molar-refractivity contribution in [1.29, 1.82) is 0 Å². The minimum Gasteiger partial charge on any atom is -0.369 e. The van der Waals surface area contributed by atoms with Crippen molar-refractivity contribution in [3.05, 3.63) is 29.8 Å². The van der Waals surface area contributed by atoms with Crippen LogP contribution < -0.4 is 16.8 Å². The number of nitrogens with one attached hydrogen (secondary N) is 1. The van der Waals surface area contributed by atoms with E-state index in [0.29, 0.717) is 18.4 Å². The number of para-hydroxylation sites is 1. The number of likely N-dealkylation sites (tertiary alicyclic amines) is 1. The monoisotopic (exact) mass is 470 g/mol. The number of hydrogen-bond donors (Lipinski definition) is 3. The Bertz CT molecular complexity index is 749. The number of anilines is 1. The van der Waals surface area contributed by atoms with Gasteiger partial charge in [0.2, 0.25) is 11.8 Å². The number of primary amides is 1. The summed E-state index contributed by atoms with van der Waals surface area (Å²) >= 11 is 0. The van der Waals surface area contributed by atoms with Crippen LogP contribution in [0.15, 0.2) is 24.3 Å². The highest BCUT2D eigenvalue weighted by molar-refractivity contribution is 5.93. The van der Waals surface area contributed by atoms with E-state index in [1.54, 1.807) is 0 Å². The van der Waals surface area contributed by atoms with Gasteiger partial charge in [0.1, 0.15) is 0 Å². The van der Waals surface area contributed by atoms with Gasteiger partial charge in [0, 0.05) is 30.7 Å². The van der Waals surface area contributed by atoms with Gasteiger partial charge < -0.3 is 16.8 Å². The summed E-state index contributed by atoms with van der Waals surface area (Å²) in [6.07, 6.45) is 7.25. The Balaban J connectivity index is 0.00000171. The number of halogens is 2. The van der Waals surface area contributed by atoms with Gasteiger partial charge in [0.15, 0.2) is 0 Å². The van der Waals surface area contributed by atoms with Crippen molar-refractivity contribution in [3.8, 4) is 0 Å². The van der Waals surface area contributed by atoms with E-state index in [9.17, 15) is 9.59 Å². The third kappa shape index (κ3) is 6.13. The van der Waals surface area contributed by atoms with Gasteiger partial charge in [-0.3, -0.25) is 14.5 Å². The second kappa shape index (κ2) is 11.5. The molecule has 2 amide bonds. The van der Waals surface area contributed by atoms with Crippen LogP contribution in [0, 0.1) is 23.7 Å². The molecular formula is C23H36Cl2N4O2. The molecule has 1 heterocycles. The third-order valence-electron chi connectivity index (χ3n) is 7.36. The molecule has 31 heavy (non-hydrogen) atoms. The molecule has 6 nitrogen and oxygen atoms in total. The summed E-state index contributed by atoms with van der Waals surface area (Å²) in [4.78, 5) is 26.9.